The van der Waals surface area contributed by atoms with Gasteiger partial charge in [-0.1, -0.05) is 19.3 Å². The highest BCUT2D eigenvalue weighted by Crippen LogP contribution is 2.17. The van der Waals surface area contributed by atoms with Gasteiger partial charge in [0.25, 0.3) is 0 Å². The third-order valence-electron chi connectivity index (χ3n) is 4.30. The van der Waals surface area contributed by atoms with Crippen molar-refractivity contribution in [3.8, 4) is 0 Å². The molecule has 6 nitrogen and oxygen atoms in total. The van der Waals surface area contributed by atoms with E-state index in [4.69, 9.17) is 5.73 Å². The average molecular weight is 282 g/mol. The van der Waals surface area contributed by atoms with E-state index in [1.54, 1.807) is 4.90 Å². The summed E-state index contributed by atoms with van der Waals surface area (Å²) < 4.78 is 0. The fourth-order valence-electron chi connectivity index (χ4n) is 3.06. The van der Waals surface area contributed by atoms with Crippen molar-refractivity contribution in [2.45, 2.75) is 57.0 Å². The first kappa shape index (κ1) is 15.1. The minimum absolute atomic E-state index is 0.00453. The molecule has 0 aromatic heterocycles. The van der Waals surface area contributed by atoms with Crippen molar-refractivity contribution < 1.29 is 9.59 Å². The molecule has 1 saturated heterocycles. The Morgan fingerprint density at radius 1 is 0.950 bits per heavy atom. The SMILES string of the molecule is NCC(=O)N1CCC(NC(=O)NC2CCCCC2)CC1. The first-order chi connectivity index (χ1) is 9.69. The third kappa shape index (κ3) is 4.37. The maximum atomic E-state index is 11.9. The summed E-state index contributed by atoms with van der Waals surface area (Å²) in [6, 6.07) is 0.448. The number of rotatable bonds is 3. The van der Waals surface area contributed by atoms with Crippen LogP contribution in [0.2, 0.25) is 0 Å². The van der Waals surface area contributed by atoms with Crippen molar-refractivity contribution in [1.29, 1.82) is 0 Å². The van der Waals surface area contributed by atoms with Gasteiger partial charge in [0.1, 0.15) is 0 Å². The predicted octanol–water partition coefficient (Wildman–Crippen LogP) is 0.568. The lowest BCUT2D eigenvalue weighted by molar-refractivity contribution is -0.130. The Bertz CT molecular complexity index is 334. The van der Waals surface area contributed by atoms with Crippen molar-refractivity contribution in [2.75, 3.05) is 19.6 Å². The Hall–Kier alpha value is -1.30. The fraction of sp³-hybridized carbons (Fsp3) is 0.857. The Kier molecular flexibility index (Phi) is 5.64. The molecule has 1 saturated carbocycles. The van der Waals surface area contributed by atoms with E-state index in [1.165, 1.54) is 19.3 Å². The molecule has 4 N–H and O–H groups in total. The number of nitrogens with one attached hydrogen (secondary N) is 2. The predicted molar refractivity (Wildman–Crippen MR) is 77.2 cm³/mol. The monoisotopic (exact) mass is 282 g/mol. The summed E-state index contributed by atoms with van der Waals surface area (Å²) in [5.41, 5.74) is 5.35. The molecule has 0 aromatic rings. The summed E-state index contributed by atoms with van der Waals surface area (Å²) in [7, 11) is 0. The van der Waals surface area contributed by atoms with E-state index in [2.05, 4.69) is 10.6 Å². The van der Waals surface area contributed by atoms with Crippen LogP contribution in [0.15, 0.2) is 0 Å². The molecule has 2 rings (SSSR count). The number of urea groups is 1. The second-order valence-corrected chi connectivity index (χ2v) is 5.81. The van der Waals surface area contributed by atoms with E-state index in [0.717, 1.165) is 25.7 Å². The van der Waals surface area contributed by atoms with E-state index in [9.17, 15) is 9.59 Å². The molecule has 6 heteroatoms. The van der Waals surface area contributed by atoms with Gasteiger partial charge in [-0.3, -0.25) is 4.79 Å². The first-order valence-electron chi connectivity index (χ1n) is 7.74. The van der Waals surface area contributed by atoms with Crippen molar-refractivity contribution >= 4 is 11.9 Å². The number of hydrogen-bond acceptors (Lipinski definition) is 3. The largest absolute Gasteiger partial charge is 0.341 e. The van der Waals surface area contributed by atoms with Gasteiger partial charge >= 0.3 is 6.03 Å². The van der Waals surface area contributed by atoms with Crippen molar-refractivity contribution in [3.05, 3.63) is 0 Å². The van der Waals surface area contributed by atoms with Gasteiger partial charge in [-0.2, -0.15) is 0 Å². The van der Waals surface area contributed by atoms with Crippen LogP contribution < -0.4 is 16.4 Å². The minimum Gasteiger partial charge on any atom is -0.341 e. The third-order valence-corrected chi connectivity index (χ3v) is 4.30. The second kappa shape index (κ2) is 7.47. The number of piperidine rings is 1. The topological polar surface area (TPSA) is 87.5 Å². The number of carbonyl (C=O) groups excluding carboxylic acids is 2. The summed E-state index contributed by atoms with van der Waals surface area (Å²) in [6.45, 7) is 1.44. The molecule has 0 unspecified atom stereocenters. The van der Waals surface area contributed by atoms with Crippen LogP contribution in [0.25, 0.3) is 0 Å². The zero-order chi connectivity index (χ0) is 14.4. The lowest BCUT2D eigenvalue weighted by Gasteiger charge is -2.32. The lowest BCUT2D eigenvalue weighted by atomic mass is 9.96. The van der Waals surface area contributed by atoms with Crippen molar-refractivity contribution in [2.24, 2.45) is 5.73 Å². The van der Waals surface area contributed by atoms with Crippen LogP contribution in [0.1, 0.15) is 44.9 Å². The summed E-state index contributed by atoms with van der Waals surface area (Å²) in [5.74, 6) is -0.00453. The van der Waals surface area contributed by atoms with Gasteiger partial charge in [0, 0.05) is 25.2 Å². The van der Waals surface area contributed by atoms with E-state index >= 15 is 0 Å². The molecule has 1 aliphatic heterocycles. The average Bonchev–Trinajstić information content (AvgIpc) is 2.48. The highest BCUT2D eigenvalue weighted by atomic mass is 16.2. The number of amides is 3. The second-order valence-electron chi connectivity index (χ2n) is 5.81. The normalized spacial score (nSPS) is 21.6. The molecule has 2 aliphatic rings. The van der Waals surface area contributed by atoms with Crippen LogP contribution in [0.4, 0.5) is 4.79 Å². The van der Waals surface area contributed by atoms with E-state index in [-0.39, 0.29) is 24.5 Å². The molecular weight excluding hydrogens is 256 g/mol. The number of nitrogens with two attached hydrogens (primary N) is 1. The standard InChI is InChI=1S/C14H26N4O2/c15-10-13(19)18-8-6-12(7-9-18)17-14(20)16-11-4-2-1-3-5-11/h11-12H,1-10,15H2,(H2,16,17,20). The maximum absolute atomic E-state index is 11.9. The maximum Gasteiger partial charge on any atom is 0.315 e. The molecule has 20 heavy (non-hydrogen) atoms. The van der Waals surface area contributed by atoms with Gasteiger partial charge in [0.2, 0.25) is 5.91 Å². The van der Waals surface area contributed by atoms with Gasteiger partial charge in [0.15, 0.2) is 0 Å². The Labute approximate surface area is 120 Å². The first-order valence-corrected chi connectivity index (χ1v) is 7.74. The Morgan fingerprint density at radius 2 is 1.50 bits per heavy atom. The van der Waals surface area contributed by atoms with Crippen LogP contribution in [-0.2, 0) is 4.79 Å². The van der Waals surface area contributed by atoms with E-state index in [1.807, 2.05) is 0 Å². The smallest absolute Gasteiger partial charge is 0.315 e. The summed E-state index contributed by atoms with van der Waals surface area (Å²) >= 11 is 0. The molecule has 114 valence electrons. The zero-order valence-corrected chi connectivity index (χ0v) is 12.1. The summed E-state index contributed by atoms with van der Waals surface area (Å²) in [4.78, 5) is 25.2. The number of likely N-dealkylation sites (tertiary alicyclic amines) is 1. The molecule has 1 aliphatic carbocycles. The Morgan fingerprint density at radius 3 is 2.05 bits per heavy atom. The van der Waals surface area contributed by atoms with Gasteiger partial charge in [-0.25, -0.2) is 4.79 Å². The zero-order valence-electron chi connectivity index (χ0n) is 12.1. The molecule has 0 spiro atoms. The minimum atomic E-state index is -0.0551. The van der Waals surface area contributed by atoms with Gasteiger partial charge in [-0.15, -0.1) is 0 Å². The van der Waals surface area contributed by atoms with Crippen LogP contribution >= 0.6 is 0 Å². The molecule has 0 radical (unpaired) electrons. The van der Waals surface area contributed by atoms with Crippen LogP contribution in [0.5, 0.6) is 0 Å². The summed E-state index contributed by atoms with van der Waals surface area (Å²) in [6.07, 6.45) is 7.52. The molecule has 2 fully saturated rings. The molecule has 1 heterocycles. The highest BCUT2D eigenvalue weighted by Gasteiger charge is 2.24. The number of nitrogens with zero attached hydrogens (tertiary/aromatic N) is 1. The number of hydrogen-bond donors (Lipinski definition) is 3. The fourth-order valence-corrected chi connectivity index (χ4v) is 3.06. The molecule has 0 aromatic carbocycles. The van der Waals surface area contributed by atoms with Crippen molar-refractivity contribution in [1.82, 2.24) is 15.5 Å². The van der Waals surface area contributed by atoms with Gasteiger partial charge < -0.3 is 21.3 Å². The quantitative estimate of drug-likeness (QED) is 0.707. The van der Waals surface area contributed by atoms with Crippen LogP contribution in [-0.4, -0.2) is 48.6 Å². The summed E-state index contributed by atoms with van der Waals surface area (Å²) in [5, 5.41) is 6.09. The molecular formula is C14H26N4O2. The van der Waals surface area contributed by atoms with Crippen LogP contribution in [0.3, 0.4) is 0 Å². The molecule has 0 atom stereocenters. The highest BCUT2D eigenvalue weighted by molar-refractivity contribution is 5.78. The Balaban J connectivity index is 1.66. The van der Waals surface area contributed by atoms with E-state index < -0.39 is 0 Å². The molecule has 0 bridgehead atoms. The molecule has 3 amide bonds. The van der Waals surface area contributed by atoms with Crippen LogP contribution in [0, 0.1) is 0 Å². The van der Waals surface area contributed by atoms with E-state index in [0.29, 0.717) is 19.1 Å². The van der Waals surface area contributed by atoms with Gasteiger partial charge in [-0.05, 0) is 25.7 Å². The van der Waals surface area contributed by atoms with Crippen molar-refractivity contribution in [3.63, 3.8) is 0 Å². The number of carbonyl (C=O) groups is 2. The lowest BCUT2D eigenvalue weighted by Crippen LogP contribution is -2.51. The van der Waals surface area contributed by atoms with Gasteiger partial charge in [0.05, 0.1) is 6.54 Å².